The third-order valence-electron chi connectivity index (χ3n) is 7.21. The Labute approximate surface area is 238 Å². The number of methoxy groups -OCH3 is 2. The quantitative estimate of drug-likeness (QED) is 0.373. The largest absolute Gasteiger partial charge is 0.497 e. The molecule has 3 heterocycles. The molecule has 5 rings (SSSR count). The Balaban J connectivity index is 1.41. The molecular formula is C30H34N4O5S. The molecule has 210 valence electrons. The molecule has 0 N–H and O–H groups in total. The minimum absolute atomic E-state index is 0.0952. The molecule has 0 aliphatic carbocycles. The summed E-state index contributed by atoms with van der Waals surface area (Å²) in [6.45, 7) is 3.90. The lowest BCUT2D eigenvalue weighted by molar-refractivity contribution is -0.133. The Morgan fingerprint density at radius 1 is 1.02 bits per heavy atom. The standard InChI is InChI=1S/C30H34N4O5S/c1-37-23-11-9-22(10-12-23)30(36)33(14-13-32-15-17-39-18-16-32)21-29(35)34-26(24-6-3-4-7-27(24)38-2)20-25(31-34)28-8-5-19-40-28/h3-12,19,26H,13-18,20-21H2,1-2H3. The number of nitrogens with zero attached hydrogens (tertiary/aromatic N) is 4. The van der Waals surface area contributed by atoms with E-state index in [0.29, 0.717) is 49.8 Å². The first-order chi connectivity index (χ1) is 19.6. The number of para-hydroxylation sites is 1. The Morgan fingerprint density at radius 3 is 2.50 bits per heavy atom. The van der Waals surface area contributed by atoms with Crippen LogP contribution in [0.4, 0.5) is 0 Å². The van der Waals surface area contributed by atoms with Crippen LogP contribution in [0, 0.1) is 0 Å². The lowest BCUT2D eigenvalue weighted by Crippen LogP contribution is -2.46. The molecule has 10 heteroatoms. The lowest BCUT2D eigenvalue weighted by atomic mass is 10.00. The number of hydrogen-bond acceptors (Lipinski definition) is 8. The van der Waals surface area contributed by atoms with E-state index in [1.54, 1.807) is 54.7 Å². The monoisotopic (exact) mass is 562 g/mol. The van der Waals surface area contributed by atoms with Gasteiger partial charge in [-0.05, 0) is 41.8 Å². The summed E-state index contributed by atoms with van der Waals surface area (Å²) < 4.78 is 16.4. The van der Waals surface area contributed by atoms with Gasteiger partial charge in [-0.1, -0.05) is 24.3 Å². The van der Waals surface area contributed by atoms with Crippen LogP contribution in [0.2, 0.25) is 0 Å². The Morgan fingerprint density at radius 2 is 1.80 bits per heavy atom. The van der Waals surface area contributed by atoms with Crippen LogP contribution < -0.4 is 9.47 Å². The Kier molecular flexibility index (Phi) is 9.10. The van der Waals surface area contributed by atoms with Crippen molar-refractivity contribution in [1.29, 1.82) is 0 Å². The van der Waals surface area contributed by atoms with E-state index in [0.717, 1.165) is 29.2 Å². The molecule has 40 heavy (non-hydrogen) atoms. The maximum Gasteiger partial charge on any atom is 0.262 e. The molecule has 9 nitrogen and oxygen atoms in total. The lowest BCUT2D eigenvalue weighted by Gasteiger charge is -2.31. The number of hydrazone groups is 1. The van der Waals surface area contributed by atoms with Crippen LogP contribution in [0.1, 0.15) is 33.3 Å². The maximum atomic E-state index is 14.0. The molecule has 0 spiro atoms. The second-order valence-corrected chi connectivity index (χ2v) is 10.6. The van der Waals surface area contributed by atoms with E-state index in [1.165, 1.54) is 5.01 Å². The second kappa shape index (κ2) is 13.1. The number of thiophene rings is 1. The summed E-state index contributed by atoms with van der Waals surface area (Å²) in [7, 11) is 3.21. The second-order valence-electron chi connectivity index (χ2n) is 9.63. The van der Waals surface area contributed by atoms with Crippen molar-refractivity contribution in [1.82, 2.24) is 14.8 Å². The van der Waals surface area contributed by atoms with Crippen LogP contribution in [-0.4, -0.2) is 92.5 Å². The third kappa shape index (κ3) is 6.35. The molecule has 2 aromatic carbocycles. The number of morpholine rings is 1. The van der Waals surface area contributed by atoms with Crippen LogP contribution in [0.15, 0.2) is 71.1 Å². The average Bonchev–Trinajstić information content (AvgIpc) is 3.70. The van der Waals surface area contributed by atoms with E-state index in [9.17, 15) is 9.59 Å². The van der Waals surface area contributed by atoms with Crippen molar-refractivity contribution >= 4 is 28.9 Å². The highest BCUT2D eigenvalue weighted by Gasteiger charge is 2.36. The van der Waals surface area contributed by atoms with Gasteiger partial charge in [0.15, 0.2) is 0 Å². The van der Waals surface area contributed by atoms with Gasteiger partial charge >= 0.3 is 0 Å². The molecule has 0 saturated carbocycles. The van der Waals surface area contributed by atoms with Gasteiger partial charge in [-0.25, -0.2) is 5.01 Å². The highest BCUT2D eigenvalue weighted by Crippen LogP contribution is 2.38. The molecule has 1 fully saturated rings. The number of rotatable bonds is 10. The molecule has 3 aromatic rings. The van der Waals surface area contributed by atoms with Crippen molar-refractivity contribution < 1.29 is 23.8 Å². The fourth-order valence-corrected chi connectivity index (χ4v) is 5.73. The molecule has 0 bridgehead atoms. The van der Waals surface area contributed by atoms with Crippen molar-refractivity contribution in [2.24, 2.45) is 5.10 Å². The van der Waals surface area contributed by atoms with Crippen LogP contribution in [-0.2, 0) is 9.53 Å². The zero-order valence-corrected chi connectivity index (χ0v) is 23.6. The van der Waals surface area contributed by atoms with E-state index in [1.807, 2.05) is 41.8 Å². The zero-order valence-electron chi connectivity index (χ0n) is 22.8. The van der Waals surface area contributed by atoms with Gasteiger partial charge in [0.25, 0.3) is 11.8 Å². The molecule has 2 aliphatic rings. The van der Waals surface area contributed by atoms with E-state index >= 15 is 0 Å². The first-order valence-electron chi connectivity index (χ1n) is 13.4. The van der Waals surface area contributed by atoms with Gasteiger partial charge in [0.2, 0.25) is 0 Å². The van der Waals surface area contributed by atoms with Crippen molar-refractivity contribution in [3.05, 3.63) is 82.0 Å². The van der Waals surface area contributed by atoms with Crippen LogP contribution in [0.3, 0.4) is 0 Å². The highest BCUT2D eigenvalue weighted by atomic mass is 32.1. The zero-order chi connectivity index (χ0) is 27.9. The SMILES string of the molecule is COc1ccc(C(=O)N(CCN2CCOCC2)CC(=O)N2N=C(c3cccs3)CC2c2ccccc2OC)cc1. The summed E-state index contributed by atoms with van der Waals surface area (Å²) in [6.07, 6.45) is 0.562. The van der Waals surface area contributed by atoms with Gasteiger partial charge in [-0.15, -0.1) is 11.3 Å². The average molecular weight is 563 g/mol. The first-order valence-corrected chi connectivity index (χ1v) is 14.2. The van der Waals surface area contributed by atoms with Crippen molar-refractivity contribution in [3.63, 3.8) is 0 Å². The highest BCUT2D eigenvalue weighted by molar-refractivity contribution is 7.12. The molecule has 1 atom stereocenters. The van der Waals surface area contributed by atoms with E-state index < -0.39 is 0 Å². The molecular weight excluding hydrogens is 528 g/mol. The normalized spacial score (nSPS) is 17.4. The van der Waals surface area contributed by atoms with Crippen molar-refractivity contribution in [3.8, 4) is 11.5 Å². The van der Waals surface area contributed by atoms with Crippen LogP contribution >= 0.6 is 11.3 Å². The van der Waals surface area contributed by atoms with Gasteiger partial charge in [0.05, 0.1) is 44.1 Å². The molecule has 1 aromatic heterocycles. The van der Waals surface area contributed by atoms with Gasteiger partial charge in [0.1, 0.15) is 18.0 Å². The number of amides is 2. The van der Waals surface area contributed by atoms with Crippen LogP contribution in [0.25, 0.3) is 0 Å². The molecule has 0 radical (unpaired) electrons. The third-order valence-corrected chi connectivity index (χ3v) is 8.13. The number of ether oxygens (including phenoxy) is 3. The minimum atomic E-state index is -0.335. The number of carbonyl (C=O) groups is 2. The molecule has 2 aliphatic heterocycles. The number of hydrogen-bond donors (Lipinski definition) is 0. The Hall–Kier alpha value is -3.73. The summed E-state index contributed by atoms with van der Waals surface area (Å²) in [5, 5.41) is 8.33. The summed E-state index contributed by atoms with van der Waals surface area (Å²) >= 11 is 1.59. The number of carbonyl (C=O) groups excluding carboxylic acids is 2. The van der Waals surface area contributed by atoms with E-state index in [4.69, 9.17) is 19.3 Å². The summed E-state index contributed by atoms with van der Waals surface area (Å²) in [5.74, 6) is 0.914. The van der Waals surface area contributed by atoms with Gasteiger partial charge in [0, 0.05) is 43.7 Å². The fraction of sp³-hybridized carbons (Fsp3) is 0.367. The van der Waals surface area contributed by atoms with Crippen LogP contribution in [0.5, 0.6) is 11.5 Å². The van der Waals surface area contributed by atoms with Gasteiger partial charge in [-0.2, -0.15) is 5.10 Å². The fourth-order valence-electron chi connectivity index (χ4n) is 5.01. The topological polar surface area (TPSA) is 83.9 Å². The van der Waals surface area contributed by atoms with Crippen molar-refractivity contribution in [2.45, 2.75) is 12.5 Å². The van der Waals surface area contributed by atoms with Gasteiger partial charge in [-0.3, -0.25) is 14.5 Å². The minimum Gasteiger partial charge on any atom is -0.497 e. The molecule has 1 unspecified atom stereocenters. The first kappa shape index (κ1) is 27.8. The van der Waals surface area contributed by atoms with Gasteiger partial charge < -0.3 is 19.1 Å². The number of benzene rings is 2. The summed E-state index contributed by atoms with van der Waals surface area (Å²) in [6, 6.07) is 18.3. The summed E-state index contributed by atoms with van der Waals surface area (Å²) in [5.41, 5.74) is 2.23. The summed E-state index contributed by atoms with van der Waals surface area (Å²) in [4.78, 5) is 32.6. The smallest absolute Gasteiger partial charge is 0.262 e. The predicted octanol–water partition coefficient (Wildman–Crippen LogP) is 3.92. The Bertz CT molecular complexity index is 1320. The maximum absolute atomic E-state index is 14.0. The van der Waals surface area contributed by atoms with E-state index in [2.05, 4.69) is 4.90 Å². The predicted molar refractivity (Wildman–Crippen MR) is 154 cm³/mol. The van der Waals surface area contributed by atoms with Crippen molar-refractivity contribution in [2.75, 3.05) is 60.2 Å². The molecule has 1 saturated heterocycles. The van der Waals surface area contributed by atoms with E-state index in [-0.39, 0.29) is 24.4 Å². The molecule has 2 amide bonds.